The molecule has 1 aromatic rings. The summed E-state index contributed by atoms with van der Waals surface area (Å²) >= 11 is 0. The minimum atomic E-state index is -4.34. The van der Waals surface area contributed by atoms with Gasteiger partial charge in [-0.3, -0.25) is 0 Å². The number of rotatable bonds is 6. The fourth-order valence-corrected chi connectivity index (χ4v) is 4.55. The van der Waals surface area contributed by atoms with E-state index < -0.39 is 34.3 Å². The first-order valence-corrected chi connectivity index (χ1v) is 10.3. The standard InChI is InChI=1S/C18H23F3N2O3S/c1-4-27(24,25)23(9-5-8-18(19,20)21)15-11-17(2,3)26-16-7-6-13(12-22)10-14(15)16/h6-7,10,15H,4-5,8-9,11H2,1-3H3. The van der Waals surface area contributed by atoms with Gasteiger partial charge in [0.05, 0.1) is 23.4 Å². The van der Waals surface area contributed by atoms with Crippen LogP contribution in [0.3, 0.4) is 0 Å². The van der Waals surface area contributed by atoms with Crippen LogP contribution in [-0.2, 0) is 10.0 Å². The van der Waals surface area contributed by atoms with E-state index in [1.165, 1.54) is 6.92 Å². The summed E-state index contributed by atoms with van der Waals surface area (Å²) in [5.74, 6) is 0.228. The third kappa shape index (κ3) is 5.36. The molecule has 1 atom stereocenters. The first kappa shape index (κ1) is 21.5. The number of hydrogen-bond donors (Lipinski definition) is 0. The van der Waals surface area contributed by atoms with Gasteiger partial charge < -0.3 is 4.74 Å². The van der Waals surface area contributed by atoms with Gasteiger partial charge in [-0.25, -0.2) is 8.42 Å². The molecular weight excluding hydrogens is 381 g/mol. The van der Waals surface area contributed by atoms with Gasteiger partial charge in [0, 0.05) is 24.9 Å². The molecule has 0 aromatic heterocycles. The maximum absolute atomic E-state index is 12.7. The Bertz CT molecular complexity index is 829. The van der Waals surface area contributed by atoms with E-state index in [1.807, 2.05) is 6.07 Å². The van der Waals surface area contributed by atoms with Crippen molar-refractivity contribution in [2.75, 3.05) is 12.3 Å². The van der Waals surface area contributed by atoms with E-state index in [0.29, 0.717) is 16.9 Å². The minimum Gasteiger partial charge on any atom is -0.487 e. The highest BCUT2D eigenvalue weighted by molar-refractivity contribution is 7.89. The molecule has 150 valence electrons. The number of ether oxygens (including phenoxy) is 1. The molecule has 0 aliphatic carbocycles. The zero-order chi connectivity index (χ0) is 20.5. The van der Waals surface area contributed by atoms with Crippen molar-refractivity contribution in [3.63, 3.8) is 0 Å². The molecule has 1 aliphatic rings. The lowest BCUT2D eigenvalue weighted by Gasteiger charge is -2.42. The van der Waals surface area contributed by atoms with Crippen molar-refractivity contribution < 1.29 is 26.3 Å². The lowest BCUT2D eigenvalue weighted by molar-refractivity contribution is -0.136. The summed E-state index contributed by atoms with van der Waals surface area (Å²) in [6.07, 6.45) is -5.45. The molecule has 0 bridgehead atoms. The van der Waals surface area contributed by atoms with Crippen LogP contribution >= 0.6 is 0 Å². The third-order valence-corrected chi connectivity index (χ3v) is 6.36. The van der Waals surface area contributed by atoms with Gasteiger partial charge in [-0.15, -0.1) is 0 Å². The second-order valence-corrected chi connectivity index (χ2v) is 9.39. The highest BCUT2D eigenvalue weighted by atomic mass is 32.2. The summed E-state index contributed by atoms with van der Waals surface area (Å²) in [4.78, 5) is 0. The van der Waals surface area contributed by atoms with Crippen LogP contribution in [0.25, 0.3) is 0 Å². The van der Waals surface area contributed by atoms with Gasteiger partial charge in [0.15, 0.2) is 0 Å². The van der Waals surface area contributed by atoms with Gasteiger partial charge in [-0.05, 0) is 45.4 Å². The largest absolute Gasteiger partial charge is 0.487 e. The fourth-order valence-electron chi connectivity index (χ4n) is 3.23. The van der Waals surface area contributed by atoms with Crippen molar-refractivity contribution in [1.82, 2.24) is 4.31 Å². The molecule has 1 aliphatic heterocycles. The quantitative estimate of drug-likeness (QED) is 0.714. The van der Waals surface area contributed by atoms with E-state index in [4.69, 9.17) is 10.00 Å². The van der Waals surface area contributed by atoms with Gasteiger partial charge >= 0.3 is 6.18 Å². The van der Waals surface area contributed by atoms with Crippen molar-refractivity contribution in [1.29, 1.82) is 5.26 Å². The van der Waals surface area contributed by atoms with Crippen LogP contribution < -0.4 is 4.74 Å². The van der Waals surface area contributed by atoms with Crippen LogP contribution in [0.15, 0.2) is 18.2 Å². The van der Waals surface area contributed by atoms with E-state index in [1.54, 1.807) is 32.0 Å². The highest BCUT2D eigenvalue weighted by Crippen LogP contribution is 2.44. The molecule has 0 radical (unpaired) electrons. The van der Waals surface area contributed by atoms with E-state index in [2.05, 4.69) is 0 Å². The summed E-state index contributed by atoms with van der Waals surface area (Å²) in [5, 5.41) is 9.16. The molecule has 5 nitrogen and oxygen atoms in total. The zero-order valence-electron chi connectivity index (χ0n) is 15.5. The van der Waals surface area contributed by atoms with Crippen LogP contribution in [0.2, 0.25) is 0 Å². The number of sulfonamides is 1. The first-order valence-electron chi connectivity index (χ1n) is 8.68. The maximum atomic E-state index is 12.7. The van der Waals surface area contributed by atoms with Crippen LogP contribution in [-0.4, -0.2) is 36.8 Å². The third-order valence-electron chi connectivity index (χ3n) is 4.48. The van der Waals surface area contributed by atoms with Crippen LogP contribution in [0, 0.1) is 11.3 Å². The Labute approximate surface area is 157 Å². The molecule has 1 heterocycles. The summed E-state index contributed by atoms with van der Waals surface area (Å²) in [7, 11) is -3.76. The van der Waals surface area contributed by atoms with E-state index in [-0.39, 0.29) is 25.1 Å². The van der Waals surface area contributed by atoms with Crippen molar-refractivity contribution in [3.8, 4) is 11.8 Å². The molecule has 9 heteroatoms. The average molecular weight is 404 g/mol. The second kappa shape index (κ2) is 7.68. The van der Waals surface area contributed by atoms with Gasteiger partial charge in [-0.2, -0.15) is 22.7 Å². The Morgan fingerprint density at radius 3 is 2.59 bits per heavy atom. The summed E-state index contributed by atoms with van der Waals surface area (Å²) in [6, 6.07) is 6.04. The Hall–Kier alpha value is -1.79. The normalized spacial score (nSPS) is 19.3. The van der Waals surface area contributed by atoms with Crippen LogP contribution in [0.5, 0.6) is 5.75 Å². The highest BCUT2D eigenvalue weighted by Gasteiger charge is 2.41. The van der Waals surface area contributed by atoms with Crippen molar-refractivity contribution >= 4 is 10.0 Å². The van der Waals surface area contributed by atoms with Gasteiger partial charge in [0.1, 0.15) is 11.4 Å². The molecule has 0 amide bonds. The number of halogens is 3. The first-order chi connectivity index (χ1) is 12.4. The predicted molar refractivity (Wildman–Crippen MR) is 94.7 cm³/mol. The molecule has 0 saturated heterocycles. The molecule has 2 rings (SSSR count). The molecule has 0 spiro atoms. The Morgan fingerprint density at radius 2 is 2.04 bits per heavy atom. The number of alkyl halides is 3. The van der Waals surface area contributed by atoms with Crippen LogP contribution in [0.4, 0.5) is 13.2 Å². The maximum Gasteiger partial charge on any atom is 0.389 e. The van der Waals surface area contributed by atoms with E-state index >= 15 is 0 Å². The number of nitrogens with zero attached hydrogens (tertiary/aromatic N) is 2. The Balaban J connectivity index is 2.46. The zero-order valence-corrected chi connectivity index (χ0v) is 16.3. The molecule has 0 N–H and O–H groups in total. The molecule has 27 heavy (non-hydrogen) atoms. The van der Waals surface area contributed by atoms with Gasteiger partial charge in [-0.1, -0.05) is 0 Å². The Morgan fingerprint density at radius 1 is 1.37 bits per heavy atom. The van der Waals surface area contributed by atoms with E-state index in [0.717, 1.165) is 4.31 Å². The topological polar surface area (TPSA) is 70.4 Å². The summed E-state index contributed by atoms with van der Waals surface area (Å²) < 4.78 is 70.1. The average Bonchev–Trinajstić information content (AvgIpc) is 2.56. The smallest absolute Gasteiger partial charge is 0.389 e. The Kier molecular flexibility index (Phi) is 6.12. The molecular formula is C18H23F3N2O3S. The summed E-state index contributed by atoms with van der Waals surface area (Å²) in [6.45, 7) is 4.82. The summed E-state index contributed by atoms with van der Waals surface area (Å²) in [5.41, 5.74) is 0.153. The number of nitriles is 1. The second-order valence-electron chi connectivity index (χ2n) is 7.18. The molecule has 0 fully saturated rings. The number of fused-ring (bicyclic) bond motifs is 1. The van der Waals surface area contributed by atoms with Gasteiger partial charge in [0.2, 0.25) is 10.0 Å². The van der Waals surface area contributed by atoms with Crippen molar-refractivity contribution in [2.24, 2.45) is 0 Å². The SMILES string of the molecule is CCS(=O)(=O)N(CCCC(F)(F)F)C1CC(C)(C)Oc2ccc(C#N)cc21. The predicted octanol–water partition coefficient (Wildman–Crippen LogP) is 4.15. The lowest BCUT2D eigenvalue weighted by Crippen LogP contribution is -2.44. The lowest BCUT2D eigenvalue weighted by atomic mass is 9.89. The number of hydrogen-bond acceptors (Lipinski definition) is 4. The van der Waals surface area contributed by atoms with Gasteiger partial charge in [0.25, 0.3) is 0 Å². The fraction of sp³-hybridized carbons (Fsp3) is 0.611. The van der Waals surface area contributed by atoms with Crippen LogP contribution in [0.1, 0.15) is 57.2 Å². The molecule has 1 unspecified atom stereocenters. The van der Waals surface area contributed by atoms with Crippen molar-refractivity contribution in [3.05, 3.63) is 29.3 Å². The van der Waals surface area contributed by atoms with Crippen molar-refractivity contribution in [2.45, 2.75) is 57.9 Å². The number of benzene rings is 1. The molecule has 0 saturated carbocycles. The monoisotopic (exact) mass is 404 g/mol. The molecule has 1 aromatic carbocycles. The minimum absolute atomic E-state index is 0.218. The van der Waals surface area contributed by atoms with E-state index in [9.17, 15) is 21.6 Å².